The van der Waals surface area contributed by atoms with Crippen LogP contribution in [0, 0.1) is 11.8 Å². The summed E-state index contributed by atoms with van der Waals surface area (Å²) < 4.78 is 1.72. The molecular formula is C17H19ClN4O. The van der Waals surface area contributed by atoms with E-state index in [4.69, 9.17) is 11.6 Å². The van der Waals surface area contributed by atoms with Gasteiger partial charge >= 0.3 is 0 Å². The number of aliphatic hydroxyl groups is 1. The van der Waals surface area contributed by atoms with E-state index in [0.717, 1.165) is 36.9 Å². The summed E-state index contributed by atoms with van der Waals surface area (Å²) in [5, 5.41) is 17.8. The number of hydrogen-bond donors (Lipinski definition) is 2. The van der Waals surface area contributed by atoms with Crippen molar-refractivity contribution in [1.82, 2.24) is 14.8 Å². The van der Waals surface area contributed by atoms with E-state index in [1.807, 2.05) is 19.3 Å². The van der Waals surface area contributed by atoms with Gasteiger partial charge < -0.3 is 10.4 Å². The number of rotatable bonds is 2. The monoisotopic (exact) mass is 330 g/mol. The quantitative estimate of drug-likeness (QED) is 0.656. The molecule has 0 saturated heterocycles. The lowest BCUT2D eigenvalue weighted by molar-refractivity contribution is 0.126. The third-order valence-corrected chi connectivity index (χ3v) is 4.17. The molecule has 3 rings (SSSR count). The lowest BCUT2D eigenvalue weighted by Gasteiger charge is -2.27. The van der Waals surface area contributed by atoms with Gasteiger partial charge in [-0.1, -0.05) is 17.5 Å². The molecule has 0 aromatic carbocycles. The molecule has 2 aromatic heterocycles. The van der Waals surface area contributed by atoms with Crippen LogP contribution in [0.5, 0.6) is 0 Å². The maximum Gasteiger partial charge on any atom is 0.135 e. The van der Waals surface area contributed by atoms with Gasteiger partial charge in [-0.05, 0) is 43.7 Å². The van der Waals surface area contributed by atoms with Gasteiger partial charge in [-0.25, -0.2) is 4.98 Å². The molecule has 1 saturated carbocycles. The van der Waals surface area contributed by atoms with E-state index in [-0.39, 0.29) is 6.10 Å². The van der Waals surface area contributed by atoms with E-state index >= 15 is 0 Å². The van der Waals surface area contributed by atoms with E-state index in [1.54, 1.807) is 16.9 Å². The number of aryl methyl sites for hydroxylation is 1. The fraction of sp³-hybridized carbons (Fsp3) is 0.412. The minimum Gasteiger partial charge on any atom is -0.393 e. The van der Waals surface area contributed by atoms with Gasteiger partial charge in [-0.15, -0.1) is 0 Å². The Hall–Kier alpha value is -2.03. The smallest absolute Gasteiger partial charge is 0.135 e. The van der Waals surface area contributed by atoms with Crippen LogP contribution >= 0.6 is 11.6 Å². The largest absolute Gasteiger partial charge is 0.393 e. The van der Waals surface area contributed by atoms with E-state index < -0.39 is 0 Å². The zero-order valence-electron chi connectivity index (χ0n) is 13.0. The van der Waals surface area contributed by atoms with Crippen LogP contribution in [0.3, 0.4) is 0 Å². The summed E-state index contributed by atoms with van der Waals surface area (Å²) in [6, 6.07) is 3.99. The fourth-order valence-corrected chi connectivity index (χ4v) is 2.86. The van der Waals surface area contributed by atoms with Crippen LogP contribution in [-0.4, -0.2) is 32.0 Å². The predicted molar refractivity (Wildman–Crippen MR) is 90.3 cm³/mol. The van der Waals surface area contributed by atoms with Crippen LogP contribution in [0.25, 0.3) is 0 Å². The molecule has 0 atom stereocenters. The Morgan fingerprint density at radius 2 is 2.09 bits per heavy atom. The highest BCUT2D eigenvalue weighted by atomic mass is 35.5. The first-order valence-electron chi connectivity index (χ1n) is 7.72. The van der Waals surface area contributed by atoms with Crippen molar-refractivity contribution in [3.63, 3.8) is 0 Å². The summed E-state index contributed by atoms with van der Waals surface area (Å²) in [5.74, 6) is 6.15. The molecule has 6 heteroatoms. The number of aliphatic hydroxyl groups excluding tert-OH is 1. The molecule has 2 heterocycles. The third-order valence-electron chi connectivity index (χ3n) is 3.97. The van der Waals surface area contributed by atoms with Crippen LogP contribution in [0.2, 0.25) is 5.15 Å². The SMILES string of the molecule is Cn1ccc(C#Cc2cnc(Cl)cc2NC2CCC(O)CC2)n1. The average Bonchev–Trinajstić information content (AvgIpc) is 2.94. The Bertz CT molecular complexity index is 739. The van der Waals surface area contributed by atoms with E-state index in [1.165, 1.54) is 0 Å². The van der Waals surface area contributed by atoms with E-state index in [9.17, 15) is 5.11 Å². The maximum absolute atomic E-state index is 9.61. The van der Waals surface area contributed by atoms with Crippen molar-refractivity contribution in [2.45, 2.75) is 37.8 Å². The van der Waals surface area contributed by atoms with Gasteiger partial charge in [0.1, 0.15) is 10.8 Å². The summed E-state index contributed by atoms with van der Waals surface area (Å²) in [6.45, 7) is 0. The Labute approximate surface area is 140 Å². The predicted octanol–water partition coefficient (Wildman–Crippen LogP) is 2.58. The molecule has 2 aromatic rings. The zero-order valence-corrected chi connectivity index (χ0v) is 13.7. The summed E-state index contributed by atoms with van der Waals surface area (Å²) >= 11 is 6.02. The second-order valence-electron chi connectivity index (χ2n) is 5.83. The second-order valence-corrected chi connectivity index (χ2v) is 6.21. The van der Waals surface area contributed by atoms with Crippen LogP contribution in [-0.2, 0) is 7.05 Å². The van der Waals surface area contributed by atoms with Crippen molar-refractivity contribution in [3.05, 3.63) is 40.9 Å². The molecule has 5 nitrogen and oxygen atoms in total. The lowest BCUT2D eigenvalue weighted by atomic mass is 9.93. The highest BCUT2D eigenvalue weighted by Crippen LogP contribution is 2.25. The molecule has 0 bridgehead atoms. The van der Waals surface area contributed by atoms with Gasteiger partial charge in [-0.3, -0.25) is 4.68 Å². The van der Waals surface area contributed by atoms with Crippen molar-refractivity contribution in [2.75, 3.05) is 5.32 Å². The number of nitrogens with zero attached hydrogens (tertiary/aromatic N) is 3. The van der Waals surface area contributed by atoms with Gasteiger partial charge in [0.25, 0.3) is 0 Å². The number of hydrogen-bond acceptors (Lipinski definition) is 4. The molecule has 1 aliphatic rings. The molecule has 0 aliphatic heterocycles. The minimum atomic E-state index is -0.169. The third kappa shape index (κ3) is 4.25. The molecule has 120 valence electrons. The van der Waals surface area contributed by atoms with Crippen LogP contribution < -0.4 is 5.32 Å². The van der Waals surface area contributed by atoms with Crippen molar-refractivity contribution < 1.29 is 5.11 Å². The Morgan fingerprint density at radius 1 is 1.30 bits per heavy atom. The van der Waals surface area contributed by atoms with E-state index in [0.29, 0.717) is 16.9 Å². The number of pyridine rings is 1. The maximum atomic E-state index is 9.61. The molecular weight excluding hydrogens is 312 g/mol. The van der Waals surface area contributed by atoms with Gasteiger partial charge in [0.05, 0.1) is 17.4 Å². The first-order valence-corrected chi connectivity index (χ1v) is 8.10. The van der Waals surface area contributed by atoms with Gasteiger partial charge in [0.2, 0.25) is 0 Å². The first kappa shape index (κ1) is 15.9. The number of nitrogens with one attached hydrogen (secondary N) is 1. The second kappa shape index (κ2) is 7.03. The first-order chi connectivity index (χ1) is 11.1. The zero-order chi connectivity index (χ0) is 16.2. The summed E-state index contributed by atoms with van der Waals surface area (Å²) in [4.78, 5) is 4.12. The minimum absolute atomic E-state index is 0.169. The van der Waals surface area contributed by atoms with E-state index in [2.05, 4.69) is 27.2 Å². The highest BCUT2D eigenvalue weighted by molar-refractivity contribution is 6.29. The van der Waals surface area contributed by atoms with Crippen LogP contribution in [0.15, 0.2) is 24.5 Å². The molecule has 0 spiro atoms. The summed E-state index contributed by atoms with van der Waals surface area (Å²) in [7, 11) is 1.86. The van der Waals surface area contributed by atoms with Gasteiger partial charge in [-0.2, -0.15) is 5.10 Å². The normalized spacial score (nSPS) is 20.7. The van der Waals surface area contributed by atoms with Crippen LogP contribution in [0.1, 0.15) is 36.9 Å². The Balaban J connectivity index is 1.79. The van der Waals surface area contributed by atoms with Crippen molar-refractivity contribution in [3.8, 4) is 11.8 Å². The number of anilines is 1. The van der Waals surface area contributed by atoms with Crippen molar-refractivity contribution in [2.24, 2.45) is 7.05 Å². The molecule has 23 heavy (non-hydrogen) atoms. The number of halogens is 1. The van der Waals surface area contributed by atoms with Crippen molar-refractivity contribution >= 4 is 17.3 Å². The average molecular weight is 331 g/mol. The molecule has 0 amide bonds. The Kier molecular flexibility index (Phi) is 4.85. The topological polar surface area (TPSA) is 63.0 Å². The standard InChI is InChI=1S/C17H19ClN4O/c1-22-9-8-14(21-22)3-2-12-11-19-17(18)10-16(12)20-13-4-6-15(23)7-5-13/h8-11,13,15,23H,4-7H2,1H3,(H,19,20). The molecule has 1 fully saturated rings. The Morgan fingerprint density at radius 3 is 2.78 bits per heavy atom. The van der Waals surface area contributed by atoms with Gasteiger partial charge in [0.15, 0.2) is 0 Å². The number of aromatic nitrogens is 3. The molecule has 0 radical (unpaired) electrons. The van der Waals surface area contributed by atoms with Crippen molar-refractivity contribution in [1.29, 1.82) is 0 Å². The summed E-state index contributed by atoms with van der Waals surface area (Å²) in [5.41, 5.74) is 2.40. The molecule has 2 N–H and O–H groups in total. The molecule has 1 aliphatic carbocycles. The summed E-state index contributed by atoms with van der Waals surface area (Å²) in [6.07, 6.45) is 6.89. The van der Waals surface area contributed by atoms with Gasteiger partial charge in [0, 0.05) is 25.5 Å². The molecule has 0 unspecified atom stereocenters. The fourth-order valence-electron chi connectivity index (χ4n) is 2.70. The van der Waals surface area contributed by atoms with Crippen LogP contribution in [0.4, 0.5) is 5.69 Å². The highest BCUT2D eigenvalue weighted by Gasteiger charge is 2.19. The lowest BCUT2D eigenvalue weighted by Crippen LogP contribution is -2.28.